The Hall–Kier alpha value is -0.120. The van der Waals surface area contributed by atoms with Gasteiger partial charge in [0.05, 0.1) is 6.61 Å². The van der Waals surface area contributed by atoms with Crippen LogP contribution in [-0.4, -0.2) is 61.3 Å². The molecule has 3 rings (SSSR count). The molecule has 3 heterocycles. The standard InChI is InChI=1S/C17H32N2O/c1-14(2)17-12-18-8-4-3-7-16(18)11-19(17)10-15-6-5-9-20-13-15/h14-17H,3-13H2,1-2H3. The quantitative estimate of drug-likeness (QED) is 0.790. The van der Waals surface area contributed by atoms with Crippen molar-refractivity contribution in [3.63, 3.8) is 0 Å². The average Bonchev–Trinajstić information content (AvgIpc) is 2.47. The number of hydrogen-bond acceptors (Lipinski definition) is 3. The minimum Gasteiger partial charge on any atom is -0.381 e. The third-order valence-corrected chi connectivity index (χ3v) is 5.60. The summed E-state index contributed by atoms with van der Waals surface area (Å²) in [6.07, 6.45) is 6.91. The molecule has 0 saturated carbocycles. The molecular formula is C17H32N2O. The van der Waals surface area contributed by atoms with Crippen molar-refractivity contribution in [3.05, 3.63) is 0 Å². The predicted octanol–water partition coefficient (Wildman–Crippen LogP) is 2.61. The maximum atomic E-state index is 5.69. The zero-order chi connectivity index (χ0) is 13.9. The molecule has 0 spiro atoms. The maximum absolute atomic E-state index is 5.69. The highest BCUT2D eigenvalue weighted by molar-refractivity contribution is 4.92. The molecule has 3 unspecified atom stereocenters. The van der Waals surface area contributed by atoms with Gasteiger partial charge in [-0.2, -0.15) is 0 Å². The van der Waals surface area contributed by atoms with E-state index in [1.807, 2.05) is 0 Å². The van der Waals surface area contributed by atoms with Gasteiger partial charge >= 0.3 is 0 Å². The molecule has 0 bridgehead atoms. The maximum Gasteiger partial charge on any atom is 0.0506 e. The first-order valence-electron chi connectivity index (χ1n) is 8.80. The van der Waals surface area contributed by atoms with Gasteiger partial charge in [0.15, 0.2) is 0 Å². The smallest absolute Gasteiger partial charge is 0.0506 e. The third kappa shape index (κ3) is 3.37. The van der Waals surface area contributed by atoms with E-state index in [0.29, 0.717) is 0 Å². The minimum atomic E-state index is 0.756. The Balaban J connectivity index is 1.62. The summed E-state index contributed by atoms with van der Waals surface area (Å²) in [4.78, 5) is 5.60. The van der Waals surface area contributed by atoms with E-state index in [4.69, 9.17) is 4.74 Å². The van der Waals surface area contributed by atoms with Gasteiger partial charge in [0.2, 0.25) is 0 Å². The Labute approximate surface area is 124 Å². The van der Waals surface area contributed by atoms with E-state index in [2.05, 4.69) is 23.6 Å². The molecule has 3 nitrogen and oxygen atoms in total. The lowest BCUT2D eigenvalue weighted by atomic mass is 9.90. The number of rotatable bonds is 3. The lowest BCUT2D eigenvalue weighted by Crippen LogP contribution is -2.61. The summed E-state index contributed by atoms with van der Waals surface area (Å²) in [5, 5.41) is 0. The van der Waals surface area contributed by atoms with Gasteiger partial charge in [0.1, 0.15) is 0 Å². The van der Waals surface area contributed by atoms with E-state index in [1.54, 1.807) is 0 Å². The van der Waals surface area contributed by atoms with Crippen LogP contribution < -0.4 is 0 Å². The molecule has 20 heavy (non-hydrogen) atoms. The summed E-state index contributed by atoms with van der Waals surface area (Å²) in [5.74, 6) is 1.54. The van der Waals surface area contributed by atoms with Crippen molar-refractivity contribution in [3.8, 4) is 0 Å². The number of piperidine rings is 1. The zero-order valence-corrected chi connectivity index (χ0v) is 13.4. The molecule has 0 aliphatic carbocycles. The van der Waals surface area contributed by atoms with Gasteiger partial charge in [-0.15, -0.1) is 0 Å². The molecule has 0 aromatic heterocycles. The van der Waals surface area contributed by atoms with Gasteiger partial charge in [-0.25, -0.2) is 0 Å². The second-order valence-electron chi connectivity index (χ2n) is 7.49. The van der Waals surface area contributed by atoms with Crippen LogP contribution in [0, 0.1) is 11.8 Å². The number of piperazine rings is 1. The highest BCUT2D eigenvalue weighted by Gasteiger charge is 2.37. The van der Waals surface area contributed by atoms with Crippen molar-refractivity contribution in [2.24, 2.45) is 11.8 Å². The van der Waals surface area contributed by atoms with Gasteiger partial charge in [0, 0.05) is 38.3 Å². The van der Waals surface area contributed by atoms with Crippen LogP contribution in [0.1, 0.15) is 46.0 Å². The SMILES string of the molecule is CC(C)C1CN2CCCCC2CN1CC1CCCOC1. The molecule has 0 amide bonds. The zero-order valence-electron chi connectivity index (χ0n) is 13.4. The number of hydrogen-bond donors (Lipinski definition) is 0. The summed E-state index contributed by atoms with van der Waals surface area (Å²) in [7, 11) is 0. The Morgan fingerprint density at radius 2 is 2.00 bits per heavy atom. The van der Waals surface area contributed by atoms with Crippen LogP contribution in [0.3, 0.4) is 0 Å². The predicted molar refractivity (Wildman–Crippen MR) is 83.0 cm³/mol. The Kier molecular flexibility index (Phi) is 5.00. The molecule has 3 aliphatic rings. The largest absolute Gasteiger partial charge is 0.381 e. The molecule has 0 N–H and O–H groups in total. The van der Waals surface area contributed by atoms with Gasteiger partial charge in [-0.3, -0.25) is 9.80 Å². The Bertz CT molecular complexity index is 299. The minimum absolute atomic E-state index is 0.756. The van der Waals surface area contributed by atoms with Gasteiger partial charge in [-0.05, 0) is 44.1 Å². The molecule has 3 saturated heterocycles. The van der Waals surface area contributed by atoms with Crippen LogP contribution in [0.2, 0.25) is 0 Å². The van der Waals surface area contributed by atoms with E-state index in [-0.39, 0.29) is 0 Å². The molecule has 0 aromatic carbocycles. The van der Waals surface area contributed by atoms with Crippen LogP contribution in [0.25, 0.3) is 0 Å². The fourth-order valence-corrected chi connectivity index (χ4v) is 4.39. The highest BCUT2D eigenvalue weighted by Crippen LogP contribution is 2.28. The average molecular weight is 280 g/mol. The fourth-order valence-electron chi connectivity index (χ4n) is 4.39. The topological polar surface area (TPSA) is 15.7 Å². The first kappa shape index (κ1) is 14.8. The normalized spacial score (nSPS) is 37.0. The summed E-state index contributed by atoms with van der Waals surface area (Å²) in [6.45, 7) is 12.0. The third-order valence-electron chi connectivity index (χ3n) is 5.60. The molecule has 0 radical (unpaired) electrons. The van der Waals surface area contributed by atoms with Crippen LogP contribution >= 0.6 is 0 Å². The number of ether oxygens (including phenoxy) is 1. The van der Waals surface area contributed by atoms with Crippen molar-refractivity contribution in [1.29, 1.82) is 0 Å². The van der Waals surface area contributed by atoms with Crippen molar-refractivity contribution >= 4 is 0 Å². The number of nitrogens with zero attached hydrogens (tertiary/aromatic N) is 2. The van der Waals surface area contributed by atoms with E-state index >= 15 is 0 Å². The van der Waals surface area contributed by atoms with Crippen LogP contribution in [0.15, 0.2) is 0 Å². The molecule has 3 fully saturated rings. The van der Waals surface area contributed by atoms with E-state index in [1.165, 1.54) is 58.3 Å². The first-order chi connectivity index (χ1) is 9.74. The van der Waals surface area contributed by atoms with E-state index < -0.39 is 0 Å². The van der Waals surface area contributed by atoms with Crippen LogP contribution in [-0.2, 0) is 4.74 Å². The summed E-state index contributed by atoms with van der Waals surface area (Å²) in [6, 6.07) is 1.59. The fraction of sp³-hybridized carbons (Fsp3) is 1.00. The Morgan fingerprint density at radius 3 is 2.75 bits per heavy atom. The van der Waals surface area contributed by atoms with Gasteiger partial charge in [-0.1, -0.05) is 20.3 Å². The van der Waals surface area contributed by atoms with Gasteiger partial charge < -0.3 is 4.74 Å². The first-order valence-corrected chi connectivity index (χ1v) is 8.80. The van der Waals surface area contributed by atoms with Crippen LogP contribution in [0.4, 0.5) is 0 Å². The van der Waals surface area contributed by atoms with Crippen molar-refractivity contribution in [2.45, 2.75) is 58.0 Å². The van der Waals surface area contributed by atoms with Crippen LogP contribution in [0.5, 0.6) is 0 Å². The Morgan fingerprint density at radius 1 is 1.10 bits per heavy atom. The second kappa shape index (κ2) is 6.76. The summed E-state index contributed by atoms with van der Waals surface area (Å²) in [5.41, 5.74) is 0. The van der Waals surface area contributed by atoms with Crippen molar-refractivity contribution in [1.82, 2.24) is 9.80 Å². The molecule has 0 aromatic rings. The summed E-state index contributed by atoms with van der Waals surface area (Å²) < 4.78 is 5.69. The summed E-state index contributed by atoms with van der Waals surface area (Å²) >= 11 is 0. The second-order valence-corrected chi connectivity index (χ2v) is 7.49. The van der Waals surface area contributed by atoms with Gasteiger partial charge in [0.25, 0.3) is 0 Å². The monoisotopic (exact) mass is 280 g/mol. The van der Waals surface area contributed by atoms with Crippen molar-refractivity contribution in [2.75, 3.05) is 39.4 Å². The van der Waals surface area contributed by atoms with E-state index in [0.717, 1.165) is 37.1 Å². The lowest BCUT2D eigenvalue weighted by Gasteiger charge is -2.50. The van der Waals surface area contributed by atoms with E-state index in [9.17, 15) is 0 Å². The van der Waals surface area contributed by atoms with Crippen molar-refractivity contribution < 1.29 is 4.74 Å². The molecule has 3 atom stereocenters. The number of fused-ring (bicyclic) bond motifs is 1. The molecule has 116 valence electrons. The lowest BCUT2D eigenvalue weighted by molar-refractivity contribution is -0.0320. The molecule has 3 aliphatic heterocycles. The molecule has 3 heteroatoms. The molecular weight excluding hydrogens is 248 g/mol. The highest BCUT2D eigenvalue weighted by atomic mass is 16.5.